The molecule has 3 rings (SSSR count). The van der Waals surface area contributed by atoms with Crippen molar-refractivity contribution in [2.24, 2.45) is 0 Å². The zero-order chi connectivity index (χ0) is 21.7. The number of amides is 2. The highest BCUT2D eigenvalue weighted by molar-refractivity contribution is 7.99. The van der Waals surface area contributed by atoms with Crippen LogP contribution in [0.3, 0.4) is 0 Å². The molecule has 156 valence electrons. The van der Waals surface area contributed by atoms with Crippen LogP contribution >= 0.6 is 11.8 Å². The Balaban J connectivity index is 1.66. The van der Waals surface area contributed by atoms with Crippen LogP contribution in [0, 0.1) is 20.8 Å². The first-order chi connectivity index (χ1) is 14.4. The predicted octanol–water partition coefficient (Wildman–Crippen LogP) is 3.67. The SMILES string of the molecule is CCNC(=O)c1ccc(NC(=O)CSc2nnc(C)n2-c2cc(C)ccc2C)cc1. The summed E-state index contributed by atoms with van der Waals surface area (Å²) in [4.78, 5) is 24.2. The topological polar surface area (TPSA) is 88.9 Å². The number of nitrogens with zero attached hydrogens (tertiary/aromatic N) is 3. The summed E-state index contributed by atoms with van der Waals surface area (Å²) in [7, 11) is 0. The molecule has 7 nitrogen and oxygen atoms in total. The number of anilines is 1. The molecule has 1 aromatic heterocycles. The lowest BCUT2D eigenvalue weighted by atomic mass is 10.1. The number of aromatic nitrogens is 3. The summed E-state index contributed by atoms with van der Waals surface area (Å²) in [5.74, 6) is 0.680. The highest BCUT2D eigenvalue weighted by Gasteiger charge is 2.15. The lowest BCUT2D eigenvalue weighted by Gasteiger charge is -2.12. The summed E-state index contributed by atoms with van der Waals surface area (Å²) >= 11 is 1.33. The Bertz CT molecular complexity index is 1060. The minimum absolute atomic E-state index is 0.132. The van der Waals surface area contributed by atoms with Crippen molar-refractivity contribution in [3.05, 3.63) is 65.0 Å². The maximum atomic E-state index is 12.4. The normalized spacial score (nSPS) is 10.7. The van der Waals surface area contributed by atoms with Gasteiger partial charge in [0.2, 0.25) is 5.91 Å². The predicted molar refractivity (Wildman–Crippen MR) is 119 cm³/mol. The summed E-state index contributed by atoms with van der Waals surface area (Å²) in [6, 6.07) is 13.0. The van der Waals surface area contributed by atoms with Gasteiger partial charge in [0.25, 0.3) is 5.91 Å². The molecule has 0 aliphatic carbocycles. The minimum Gasteiger partial charge on any atom is -0.352 e. The monoisotopic (exact) mass is 423 g/mol. The van der Waals surface area contributed by atoms with Crippen LogP contribution in [0.2, 0.25) is 0 Å². The fraction of sp³-hybridized carbons (Fsp3) is 0.273. The first kappa shape index (κ1) is 21.6. The maximum Gasteiger partial charge on any atom is 0.251 e. The van der Waals surface area contributed by atoms with E-state index in [2.05, 4.69) is 39.0 Å². The Hall–Kier alpha value is -3.13. The van der Waals surface area contributed by atoms with Crippen molar-refractivity contribution in [1.29, 1.82) is 0 Å². The van der Waals surface area contributed by atoms with Crippen molar-refractivity contribution in [3.8, 4) is 5.69 Å². The van der Waals surface area contributed by atoms with Gasteiger partial charge in [-0.25, -0.2) is 0 Å². The molecule has 0 spiro atoms. The first-order valence-electron chi connectivity index (χ1n) is 9.69. The van der Waals surface area contributed by atoms with Gasteiger partial charge in [0.05, 0.1) is 11.4 Å². The van der Waals surface area contributed by atoms with E-state index in [1.54, 1.807) is 24.3 Å². The van der Waals surface area contributed by atoms with Crippen molar-refractivity contribution in [2.45, 2.75) is 32.9 Å². The fourth-order valence-corrected chi connectivity index (χ4v) is 3.76. The van der Waals surface area contributed by atoms with E-state index >= 15 is 0 Å². The van der Waals surface area contributed by atoms with Crippen molar-refractivity contribution in [1.82, 2.24) is 20.1 Å². The Morgan fingerprint density at radius 2 is 1.77 bits per heavy atom. The Labute approximate surface area is 180 Å². The van der Waals surface area contributed by atoms with Crippen LogP contribution in [0.4, 0.5) is 5.69 Å². The summed E-state index contributed by atoms with van der Waals surface area (Å²) in [6.07, 6.45) is 0. The molecule has 8 heteroatoms. The van der Waals surface area contributed by atoms with E-state index in [1.165, 1.54) is 11.8 Å². The van der Waals surface area contributed by atoms with Crippen LogP contribution in [-0.2, 0) is 4.79 Å². The van der Waals surface area contributed by atoms with E-state index in [0.717, 1.165) is 22.6 Å². The molecule has 0 fully saturated rings. The molecule has 2 aromatic carbocycles. The van der Waals surface area contributed by atoms with Gasteiger partial charge in [0.15, 0.2) is 5.16 Å². The number of thioether (sulfide) groups is 1. The second-order valence-electron chi connectivity index (χ2n) is 6.93. The Kier molecular flexibility index (Phi) is 6.89. The zero-order valence-electron chi connectivity index (χ0n) is 17.5. The average molecular weight is 424 g/mol. The number of rotatable bonds is 7. The van der Waals surface area contributed by atoms with Gasteiger partial charge in [0, 0.05) is 17.8 Å². The maximum absolute atomic E-state index is 12.4. The highest BCUT2D eigenvalue weighted by Crippen LogP contribution is 2.25. The van der Waals surface area contributed by atoms with Gasteiger partial charge in [-0.1, -0.05) is 23.9 Å². The molecule has 0 aliphatic rings. The molecule has 2 amide bonds. The second kappa shape index (κ2) is 9.58. The number of aryl methyl sites for hydroxylation is 3. The summed E-state index contributed by atoms with van der Waals surface area (Å²) in [5, 5.41) is 14.7. The summed E-state index contributed by atoms with van der Waals surface area (Å²) in [5.41, 5.74) is 4.47. The standard InChI is InChI=1S/C22H25N5O2S/c1-5-23-21(29)17-8-10-18(11-9-17)24-20(28)13-30-22-26-25-16(4)27(22)19-12-14(2)6-7-15(19)3/h6-12H,5,13H2,1-4H3,(H,23,29)(H,24,28). The number of hydrogen-bond acceptors (Lipinski definition) is 5. The largest absolute Gasteiger partial charge is 0.352 e. The molecule has 0 saturated heterocycles. The highest BCUT2D eigenvalue weighted by atomic mass is 32.2. The van der Waals surface area contributed by atoms with Gasteiger partial charge < -0.3 is 10.6 Å². The molecule has 0 unspecified atom stereocenters. The quantitative estimate of drug-likeness (QED) is 0.566. The van der Waals surface area contributed by atoms with Crippen molar-refractivity contribution >= 4 is 29.3 Å². The van der Waals surface area contributed by atoms with Crippen LogP contribution in [0.15, 0.2) is 47.6 Å². The summed E-state index contributed by atoms with van der Waals surface area (Å²) in [6.45, 7) is 8.42. The molecule has 30 heavy (non-hydrogen) atoms. The number of carbonyl (C=O) groups is 2. The number of carbonyl (C=O) groups excluding carboxylic acids is 2. The van der Waals surface area contributed by atoms with Crippen LogP contribution in [0.25, 0.3) is 5.69 Å². The molecule has 2 N–H and O–H groups in total. The third kappa shape index (κ3) is 5.07. The molecule has 0 saturated carbocycles. The van der Waals surface area contributed by atoms with Gasteiger partial charge in [-0.2, -0.15) is 0 Å². The van der Waals surface area contributed by atoms with Gasteiger partial charge >= 0.3 is 0 Å². The molecule has 3 aromatic rings. The van der Waals surface area contributed by atoms with E-state index in [9.17, 15) is 9.59 Å². The smallest absolute Gasteiger partial charge is 0.251 e. The van der Waals surface area contributed by atoms with E-state index in [1.807, 2.05) is 32.3 Å². The fourth-order valence-electron chi connectivity index (χ4n) is 2.97. The van der Waals surface area contributed by atoms with Gasteiger partial charge in [-0.05, 0) is 69.2 Å². The average Bonchev–Trinajstić information content (AvgIpc) is 3.09. The van der Waals surface area contributed by atoms with E-state index < -0.39 is 0 Å². The third-order valence-corrected chi connectivity index (χ3v) is 5.43. The molecule has 0 bridgehead atoms. The first-order valence-corrected chi connectivity index (χ1v) is 10.7. The molecule has 1 heterocycles. The van der Waals surface area contributed by atoms with Crippen LogP contribution in [0.1, 0.15) is 34.2 Å². The van der Waals surface area contributed by atoms with Gasteiger partial charge in [0.1, 0.15) is 5.82 Å². The Morgan fingerprint density at radius 3 is 2.47 bits per heavy atom. The molecular weight excluding hydrogens is 398 g/mol. The number of hydrogen-bond donors (Lipinski definition) is 2. The lowest BCUT2D eigenvalue weighted by Crippen LogP contribution is -2.22. The van der Waals surface area contributed by atoms with E-state index in [-0.39, 0.29) is 17.6 Å². The van der Waals surface area contributed by atoms with Crippen LogP contribution in [-0.4, -0.2) is 38.9 Å². The molecule has 0 aliphatic heterocycles. The zero-order valence-corrected chi connectivity index (χ0v) is 18.3. The van der Waals surface area contributed by atoms with Gasteiger partial charge in [-0.15, -0.1) is 10.2 Å². The number of benzene rings is 2. The van der Waals surface area contributed by atoms with Crippen molar-refractivity contribution < 1.29 is 9.59 Å². The third-order valence-electron chi connectivity index (χ3n) is 4.50. The van der Waals surface area contributed by atoms with Crippen molar-refractivity contribution in [3.63, 3.8) is 0 Å². The van der Waals surface area contributed by atoms with Crippen LogP contribution in [0.5, 0.6) is 0 Å². The van der Waals surface area contributed by atoms with Crippen LogP contribution < -0.4 is 10.6 Å². The van der Waals surface area contributed by atoms with E-state index in [4.69, 9.17) is 0 Å². The molecule has 0 atom stereocenters. The lowest BCUT2D eigenvalue weighted by molar-refractivity contribution is -0.113. The minimum atomic E-state index is -0.154. The number of nitrogens with one attached hydrogen (secondary N) is 2. The molecule has 0 radical (unpaired) electrons. The summed E-state index contributed by atoms with van der Waals surface area (Å²) < 4.78 is 1.97. The van der Waals surface area contributed by atoms with Gasteiger partial charge in [-0.3, -0.25) is 14.2 Å². The van der Waals surface area contributed by atoms with E-state index in [0.29, 0.717) is 23.0 Å². The Morgan fingerprint density at radius 1 is 1.03 bits per heavy atom. The van der Waals surface area contributed by atoms with Crippen molar-refractivity contribution in [2.75, 3.05) is 17.6 Å². The second-order valence-corrected chi connectivity index (χ2v) is 7.87. The molecular formula is C22H25N5O2S.